The van der Waals surface area contributed by atoms with Crippen molar-refractivity contribution in [2.24, 2.45) is 0 Å². The van der Waals surface area contributed by atoms with Gasteiger partial charge in [-0.15, -0.1) is 0 Å². The van der Waals surface area contributed by atoms with Gasteiger partial charge in [-0.25, -0.2) is 4.39 Å². The second-order valence-electron chi connectivity index (χ2n) is 8.55. The minimum atomic E-state index is -1.22. The van der Waals surface area contributed by atoms with Crippen molar-refractivity contribution in [3.05, 3.63) is 53.3 Å². The summed E-state index contributed by atoms with van der Waals surface area (Å²) in [5, 5.41) is 0. The standard InChI is InChI=1S/C25H29FO5/c1-7-15-12-16(17-9-11-19(26)20(13-17)30-6)8-10-18(15)21-22(27)24(2,3)31-25(4,14-29-5)23(21)28/h8-13,21H,7,14H2,1-6H3. The first-order chi connectivity index (χ1) is 14.6. The quantitative estimate of drug-likeness (QED) is 0.634. The molecule has 2 aromatic carbocycles. The zero-order valence-electron chi connectivity index (χ0n) is 18.9. The molecule has 3 rings (SSSR count). The Morgan fingerprint density at radius 2 is 1.65 bits per heavy atom. The van der Waals surface area contributed by atoms with Gasteiger partial charge in [-0.05, 0) is 61.6 Å². The summed E-state index contributed by atoms with van der Waals surface area (Å²) in [4.78, 5) is 26.6. The molecule has 2 atom stereocenters. The molecule has 31 heavy (non-hydrogen) atoms. The molecule has 0 aromatic heterocycles. The number of carbonyl (C=O) groups is 2. The molecule has 166 valence electrons. The molecule has 1 fully saturated rings. The van der Waals surface area contributed by atoms with Crippen molar-refractivity contribution in [3.63, 3.8) is 0 Å². The van der Waals surface area contributed by atoms with Gasteiger partial charge in [0, 0.05) is 7.11 Å². The van der Waals surface area contributed by atoms with Crippen molar-refractivity contribution in [3.8, 4) is 16.9 Å². The Morgan fingerprint density at radius 3 is 2.26 bits per heavy atom. The van der Waals surface area contributed by atoms with Gasteiger partial charge in [0.15, 0.2) is 23.1 Å². The van der Waals surface area contributed by atoms with Crippen molar-refractivity contribution in [1.29, 1.82) is 0 Å². The lowest BCUT2D eigenvalue weighted by molar-refractivity contribution is -0.195. The molecule has 0 bridgehead atoms. The fourth-order valence-electron chi connectivity index (χ4n) is 4.31. The monoisotopic (exact) mass is 428 g/mol. The SMILES string of the molecule is CCc1cc(-c2ccc(F)c(OC)c2)ccc1C1C(=O)C(C)(C)OC(C)(COC)C1=O. The predicted molar refractivity (Wildman–Crippen MR) is 116 cm³/mol. The van der Waals surface area contributed by atoms with E-state index in [1.165, 1.54) is 20.3 Å². The van der Waals surface area contributed by atoms with E-state index >= 15 is 0 Å². The van der Waals surface area contributed by atoms with E-state index in [-0.39, 0.29) is 23.9 Å². The van der Waals surface area contributed by atoms with E-state index in [9.17, 15) is 14.0 Å². The van der Waals surface area contributed by atoms with Gasteiger partial charge in [-0.2, -0.15) is 0 Å². The number of hydrogen-bond donors (Lipinski definition) is 0. The molecule has 0 aliphatic carbocycles. The summed E-state index contributed by atoms with van der Waals surface area (Å²) in [5.74, 6) is -1.78. The first-order valence-corrected chi connectivity index (χ1v) is 10.3. The molecule has 2 aromatic rings. The van der Waals surface area contributed by atoms with Crippen LogP contribution in [0.5, 0.6) is 5.75 Å². The van der Waals surface area contributed by atoms with Gasteiger partial charge in [0.1, 0.15) is 17.1 Å². The highest BCUT2D eigenvalue weighted by Crippen LogP contribution is 2.41. The molecule has 1 saturated heterocycles. The third kappa shape index (κ3) is 4.14. The van der Waals surface area contributed by atoms with Crippen LogP contribution in [0.25, 0.3) is 11.1 Å². The molecule has 1 aliphatic heterocycles. The van der Waals surface area contributed by atoms with Gasteiger partial charge in [0.2, 0.25) is 0 Å². The molecule has 0 radical (unpaired) electrons. The molecule has 0 N–H and O–H groups in total. The van der Waals surface area contributed by atoms with E-state index in [4.69, 9.17) is 14.2 Å². The highest BCUT2D eigenvalue weighted by atomic mass is 19.1. The Kier molecular flexibility index (Phi) is 6.35. The van der Waals surface area contributed by atoms with Crippen LogP contribution in [0.3, 0.4) is 0 Å². The summed E-state index contributed by atoms with van der Waals surface area (Å²) in [7, 11) is 2.92. The lowest BCUT2D eigenvalue weighted by Crippen LogP contribution is -2.61. The average molecular weight is 429 g/mol. The van der Waals surface area contributed by atoms with Crippen LogP contribution in [0.4, 0.5) is 4.39 Å². The van der Waals surface area contributed by atoms with Crippen LogP contribution in [-0.2, 0) is 25.5 Å². The lowest BCUT2D eigenvalue weighted by Gasteiger charge is -2.44. The maximum absolute atomic E-state index is 13.8. The number of halogens is 1. The third-order valence-electron chi connectivity index (χ3n) is 5.86. The normalized spacial score (nSPS) is 23.1. The summed E-state index contributed by atoms with van der Waals surface area (Å²) >= 11 is 0. The van der Waals surface area contributed by atoms with Gasteiger partial charge in [-0.1, -0.05) is 31.2 Å². The van der Waals surface area contributed by atoms with Crippen LogP contribution in [-0.4, -0.2) is 43.6 Å². The molecule has 1 heterocycles. The Morgan fingerprint density at radius 1 is 1.00 bits per heavy atom. The van der Waals surface area contributed by atoms with Crippen LogP contribution >= 0.6 is 0 Å². The number of aryl methyl sites for hydroxylation is 1. The number of carbonyl (C=O) groups excluding carboxylic acids is 2. The van der Waals surface area contributed by atoms with E-state index in [0.29, 0.717) is 12.0 Å². The van der Waals surface area contributed by atoms with Crippen molar-refractivity contribution >= 4 is 11.6 Å². The summed E-state index contributed by atoms with van der Waals surface area (Å²) in [6.45, 7) is 7.08. The molecule has 0 amide bonds. The summed E-state index contributed by atoms with van der Waals surface area (Å²) in [5.41, 5.74) is 0.850. The fraction of sp³-hybridized carbons (Fsp3) is 0.440. The average Bonchev–Trinajstić information content (AvgIpc) is 2.73. The van der Waals surface area contributed by atoms with E-state index in [1.54, 1.807) is 32.9 Å². The zero-order chi connectivity index (χ0) is 23.0. The van der Waals surface area contributed by atoms with E-state index in [1.807, 2.05) is 25.1 Å². The number of benzene rings is 2. The van der Waals surface area contributed by atoms with Gasteiger partial charge in [0.05, 0.1) is 13.7 Å². The smallest absolute Gasteiger partial charge is 0.181 e. The number of Topliss-reactive ketones (excluding diaryl/α,β-unsaturated/α-hetero) is 2. The van der Waals surface area contributed by atoms with E-state index in [2.05, 4.69) is 0 Å². The minimum Gasteiger partial charge on any atom is -0.494 e. The molecular formula is C25H29FO5. The van der Waals surface area contributed by atoms with Crippen LogP contribution in [0.1, 0.15) is 44.7 Å². The van der Waals surface area contributed by atoms with Crippen LogP contribution in [0, 0.1) is 5.82 Å². The van der Waals surface area contributed by atoms with Gasteiger partial charge in [0.25, 0.3) is 0 Å². The Balaban J connectivity index is 2.09. The van der Waals surface area contributed by atoms with Crippen LogP contribution in [0.2, 0.25) is 0 Å². The van der Waals surface area contributed by atoms with Crippen molar-refractivity contribution in [1.82, 2.24) is 0 Å². The number of ether oxygens (including phenoxy) is 3. The van der Waals surface area contributed by atoms with Crippen molar-refractivity contribution in [2.75, 3.05) is 20.8 Å². The van der Waals surface area contributed by atoms with Crippen molar-refractivity contribution < 1.29 is 28.2 Å². The largest absolute Gasteiger partial charge is 0.494 e. The minimum absolute atomic E-state index is 0.0635. The molecule has 1 aliphatic rings. The van der Waals surface area contributed by atoms with E-state index in [0.717, 1.165) is 16.7 Å². The van der Waals surface area contributed by atoms with Gasteiger partial charge < -0.3 is 14.2 Å². The van der Waals surface area contributed by atoms with Crippen LogP contribution in [0.15, 0.2) is 36.4 Å². The molecule has 6 heteroatoms. The van der Waals surface area contributed by atoms with Crippen LogP contribution < -0.4 is 4.74 Å². The lowest BCUT2D eigenvalue weighted by atomic mass is 9.73. The van der Waals surface area contributed by atoms with Gasteiger partial charge >= 0.3 is 0 Å². The topological polar surface area (TPSA) is 61.8 Å². The molecule has 5 nitrogen and oxygen atoms in total. The zero-order valence-corrected chi connectivity index (χ0v) is 18.9. The van der Waals surface area contributed by atoms with E-state index < -0.39 is 22.9 Å². The molecule has 0 saturated carbocycles. The maximum Gasteiger partial charge on any atom is 0.181 e. The predicted octanol–water partition coefficient (Wildman–Crippen LogP) is 4.50. The second kappa shape index (κ2) is 8.52. The maximum atomic E-state index is 13.8. The number of rotatable bonds is 6. The van der Waals surface area contributed by atoms with Crippen molar-refractivity contribution in [2.45, 2.75) is 51.2 Å². The second-order valence-corrected chi connectivity index (χ2v) is 8.55. The Bertz CT molecular complexity index is 1010. The Hall–Kier alpha value is -2.57. The number of ketones is 2. The first kappa shape index (κ1) is 23.1. The third-order valence-corrected chi connectivity index (χ3v) is 5.86. The Labute approximate surface area is 182 Å². The fourth-order valence-corrected chi connectivity index (χ4v) is 4.31. The summed E-state index contributed by atoms with van der Waals surface area (Å²) < 4.78 is 30.0. The highest BCUT2D eigenvalue weighted by molar-refractivity contribution is 6.15. The van der Waals surface area contributed by atoms with Gasteiger partial charge in [-0.3, -0.25) is 9.59 Å². The number of methoxy groups -OCH3 is 2. The highest BCUT2D eigenvalue weighted by Gasteiger charge is 2.55. The molecular weight excluding hydrogens is 399 g/mol. The molecule has 2 unspecified atom stereocenters. The number of hydrogen-bond acceptors (Lipinski definition) is 5. The summed E-state index contributed by atoms with van der Waals surface area (Å²) in [6, 6.07) is 10.3. The molecule has 0 spiro atoms. The first-order valence-electron chi connectivity index (χ1n) is 10.3. The summed E-state index contributed by atoms with van der Waals surface area (Å²) in [6.07, 6.45) is 0.626.